The lowest BCUT2D eigenvalue weighted by atomic mass is 9.44. The maximum atomic E-state index is 12.8. The molecule has 158 valence electrons. The first kappa shape index (κ1) is 19.4. The maximum absolute atomic E-state index is 12.8. The fraction of sp³-hybridized carbons (Fsp3) is 0.500. The first-order valence-electron chi connectivity index (χ1n) is 10.4. The van der Waals surface area contributed by atoms with Gasteiger partial charge in [-0.2, -0.15) is 5.10 Å². The van der Waals surface area contributed by atoms with Crippen molar-refractivity contribution < 1.29 is 14.3 Å². The van der Waals surface area contributed by atoms with Gasteiger partial charge in [0.1, 0.15) is 5.75 Å². The first-order chi connectivity index (χ1) is 14.4. The Hall–Kier alpha value is -2.54. The number of amides is 2. The van der Waals surface area contributed by atoms with E-state index in [4.69, 9.17) is 16.3 Å². The number of nitrogens with one attached hydrogen (secondary N) is 2. The highest BCUT2D eigenvalue weighted by molar-refractivity contribution is 6.31. The predicted molar refractivity (Wildman–Crippen MR) is 112 cm³/mol. The lowest BCUT2D eigenvalue weighted by molar-refractivity contribution is -0.141. The van der Waals surface area contributed by atoms with Gasteiger partial charge in [0.15, 0.2) is 6.61 Å². The van der Waals surface area contributed by atoms with E-state index in [9.17, 15) is 9.59 Å². The quantitative estimate of drug-likeness (QED) is 0.740. The summed E-state index contributed by atoms with van der Waals surface area (Å²) >= 11 is 6.01. The molecule has 2 bridgehead atoms. The van der Waals surface area contributed by atoms with Crippen LogP contribution in [0.25, 0.3) is 0 Å². The molecular formula is C22H25ClN4O3. The van der Waals surface area contributed by atoms with E-state index in [0.29, 0.717) is 16.3 Å². The van der Waals surface area contributed by atoms with Crippen molar-refractivity contribution in [3.63, 3.8) is 0 Å². The van der Waals surface area contributed by atoms with Crippen molar-refractivity contribution in [2.75, 3.05) is 6.61 Å². The maximum Gasteiger partial charge on any atom is 0.258 e. The second kappa shape index (κ2) is 7.01. The van der Waals surface area contributed by atoms with Crippen molar-refractivity contribution in [1.82, 2.24) is 20.4 Å². The van der Waals surface area contributed by atoms with Crippen molar-refractivity contribution in [2.45, 2.75) is 63.1 Å². The Labute approximate surface area is 180 Å². The first-order valence-corrected chi connectivity index (χ1v) is 10.8. The molecule has 1 aromatic carbocycles. The molecule has 0 unspecified atom stereocenters. The van der Waals surface area contributed by atoms with Crippen LogP contribution in [-0.2, 0) is 17.8 Å². The average Bonchev–Trinajstić information content (AvgIpc) is 3.10. The van der Waals surface area contributed by atoms with Gasteiger partial charge in [0, 0.05) is 22.6 Å². The molecule has 2 aromatic rings. The van der Waals surface area contributed by atoms with Gasteiger partial charge in [-0.3, -0.25) is 14.3 Å². The molecule has 3 aliphatic carbocycles. The van der Waals surface area contributed by atoms with Crippen molar-refractivity contribution in [3.05, 3.63) is 46.2 Å². The van der Waals surface area contributed by atoms with Gasteiger partial charge in [0.05, 0.1) is 17.5 Å². The minimum atomic E-state index is -0.206. The van der Waals surface area contributed by atoms with Crippen molar-refractivity contribution in [1.29, 1.82) is 0 Å². The lowest BCUT2D eigenvalue weighted by Gasteiger charge is -2.70. The van der Waals surface area contributed by atoms with E-state index < -0.39 is 0 Å². The highest BCUT2D eigenvalue weighted by atomic mass is 35.5. The molecule has 0 saturated heterocycles. The lowest BCUT2D eigenvalue weighted by Crippen LogP contribution is -2.84. The van der Waals surface area contributed by atoms with Crippen LogP contribution in [0.1, 0.15) is 53.7 Å². The van der Waals surface area contributed by atoms with Crippen LogP contribution in [0.2, 0.25) is 5.02 Å². The van der Waals surface area contributed by atoms with Gasteiger partial charge in [-0.05, 0) is 69.2 Å². The topological polar surface area (TPSA) is 85.2 Å². The Kier molecular flexibility index (Phi) is 4.54. The number of carbonyl (C=O) groups is 2. The molecule has 1 aromatic heterocycles. The van der Waals surface area contributed by atoms with E-state index >= 15 is 0 Å². The Morgan fingerprint density at radius 2 is 1.97 bits per heavy atom. The van der Waals surface area contributed by atoms with Crippen molar-refractivity contribution in [3.8, 4) is 5.75 Å². The van der Waals surface area contributed by atoms with Crippen LogP contribution in [0.4, 0.5) is 0 Å². The molecule has 3 fully saturated rings. The van der Waals surface area contributed by atoms with Crippen LogP contribution in [0.5, 0.6) is 5.75 Å². The number of nitrogens with zero attached hydrogens (tertiary/aromatic N) is 2. The summed E-state index contributed by atoms with van der Waals surface area (Å²) in [6.45, 7) is 2.75. The molecule has 1 aliphatic heterocycles. The van der Waals surface area contributed by atoms with Gasteiger partial charge in [0.25, 0.3) is 11.8 Å². The number of aryl methyl sites for hydroxylation is 2. The zero-order valence-electron chi connectivity index (χ0n) is 17.0. The number of aromatic nitrogens is 2. The van der Waals surface area contributed by atoms with E-state index in [1.165, 1.54) is 0 Å². The number of halogens is 1. The summed E-state index contributed by atoms with van der Waals surface area (Å²) in [5.74, 6) is 0.435. The smallest absolute Gasteiger partial charge is 0.258 e. The molecule has 2 heterocycles. The largest absolute Gasteiger partial charge is 0.484 e. The predicted octanol–water partition coefficient (Wildman–Crippen LogP) is 2.78. The van der Waals surface area contributed by atoms with Gasteiger partial charge < -0.3 is 15.4 Å². The third-order valence-corrected chi connectivity index (χ3v) is 6.96. The summed E-state index contributed by atoms with van der Waals surface area (Å²) in [5, 5.41) is 11.3. The standard InChI is InChI=1S/C22H25ClN4O3/c1-14-8-15(5-6-17(14)23)30-10-19(28)25-21-11-22(12-21,13-21)26-20(29)16-9-24-27-7-3-2-4-18(16)27/h5-6,8-9H,2-4,7,10-13H2,1H3,(H,25,28)(H,26,29). The highest BCUT2D eigenvalue weighted by Crippen LogP contribution is 2.60. The summed E-state index contributed by atoms with van der Waals surface area (Å²) in [7, 11) is 0. The number of hydrogen-bond donors (Lipinski definition) is 2. The normalized spacial score (nSPS) is 26.1. The zero-order valence-corrected chi connectivity index (χ0v) is 17.7. The van der Waals surface area contributed by atoms with Gasteiger partial charge in [-0.1, -0.05) is 11.6 Å². The molecule has 6 rings (SSSR count). The molecule has 4 aliphatic rings. The Morgan fingerprint density at radius 3 is 2.73 bits per heavy atom. The van der Waals surface area contributed by atoms with Crippen LogP contribution < -0.4 is 15.4 Å². The molecule has 2 N–H and O–H groups in total. The van der Waals surface area contributed by atoms with E-state index in [-0.39, 0.29) is 29.5 Å². The summed E-state index contributed by atoms with van der Waals surface area (Å²) in [4.78, 5) is 25.1. The number of rotatable bonds is 6. The monoisotopic (exact) mass is 428 g/mol. The fourth-order valence-corrected chi connectivity index (χ4v) is 5.28. The second-order valence-electron chi connectivity index (χ2n) is 8.98. The van der Waals surface area contributed by atoms with Crippen LogP contribution in [-0.4, -0.2) is 39.3 Å². The zero-order chi connectivity index (χ0) is 20.9. The van der Waals surface area contributed by atoms with E-state index in [2.05, 4.69) is 15.7 Å². The molecule has 30 heavy (non-hydrogen) atoms. The van der Waals surface area contributed by atoms with Crippen LogP contribution in [0.3, 0.4) is 0 Å². The molecule has 0 radical (unpaired) electrons. The second-order valence-corrected chi connectivity index (χ2v) is 9.39. The summed E-state index contributed by atoms with van der Waals surface area (Å²) in [5.41, 5.74) is 2.25. The molecule has 0 spiro atoms. The molecule has 0 atom stereocenters. The highest BCUT2D eigenvalue weighted by Gasteiger charge is 2.69. The van der Waals surface area contributed by atoms with E-state index in [0.717, 1.165) is 56.3 Å². The minimum Gasteiger partial charge on any atom is -0.484 e. The molecule has 7 nitrogen and oxygen atoms in total. The number of carbonyl (C=O) groups excluding carboxylic acids is 2. The van der Waals surface area contributed by atoms with Gasteiger partial charge in [-0.25, -0.2) is 0 Å². The summed E-state index contributed by atoms with van der Waals surface area (Å²) in [6, 6.07) is 5.33. The number of ether oxygens (including phenoxy) is 1. The summed E-state index contributed by atoms with van der Waals surface area (Å²) < 4.78 is 7.53. The summed E-state index contributed by atoms with van der Waals surface area (Å²) in [6.07, 6.45) is 7.11. The molecule has 8 heteroatoms. The van der Waals surface area contributed by atoms with Gasteiger partial charge in [0.2, 0.25) is 0 Å². The average molecular weight is 429 g/mol. The molecule has 3 saturated carbocycles. The van der Waals surface area contributed by atoms with E-state index in [1.807, 2.05) is 17.7 Å². The molecule has 2 amide bonds. The number of fused-ring (bicyclic) bond motifs is 1. The Morgan fingerprint density at radius 1 is 1.20 bits per heavy atom. The van der Waals surface area contributed by atoms with Crippen LogP contribution in [0.15, 0.2) is 24.4 Å². The van der Waals surface area contributed by atoms with E-state index in [1.54, 1.807) is 18.3 Å². The van der Waals surface area contributed by atoms with Crippen molar-refractivity contribution >= 4 is 23.4 Å². The van der Waals surface area contributed by atoms with Crippen LogP contribution >= 0.6 is 11.6 Å². The van der Waals surface area contributed by atoms with Crippen LogP contribution in [0, 0.1) is 6.92 Å². The third-order valence-electron chi connectivity index (χ3n) is 6.54. The third kappa shape index (κ3) is 3.35. The van der Waals surface area contributed by atoms with Gasteiger partial charge >= 0.3 is 0 Å². The van der Waals surface area contributed by atoms with Gasteiger partial charge in [-0.15, -0.1) is 0 Å². The SMILES string of the molecule is Cc1cc(OCC(=O)NC23CC(NC(=O)c4cnn5c4CCCC5)(C2)C3)ccc1Cl. The number of hydrogen-bond acceptors (Lipinski definition) is 4. The fourth-order valence-electron chi connectivity index (χ4n) is 5.16. The Bertz CT molecular complexity index is 1010. The Balaban J connectivity index is 1.11. The number of benzene rings is 1. The minimum absolute atomic E-state index is 0.0370. The molecular weight excluding hydrogens is 404 g/mol. The van der Waals surface area contributed by atoms with Crippen molar-refractivity contribution in [2.24, 2.45) is 0 Å².